The highest BCUT2D eigenvalue weighted by atomic mass is 16.2. The average Bonchev–Trinajstić information content (AvgIpc) is 3.22. The summed E-state index contributed by atoms with van der Waals surface area (Å²) in [5.74, 6) is 0.123. The molecule has 0 radical (unpaired) electrons. The molecule has 4 rings (SSSR count). The van der Waals surface area contributed by atoms with Gasteiger partial charge in [-0.25, -0.2) is 0 Å². The molecule has 1 aliphatic rings. The van der Waals surface area contributed by atoms with E-state index in [0.29, 0.717) is 12.6 Å². The summed E-state index contributed by atoms with van der Waals surface area (Å²) in [4.78, 5) is 14.2. The number of nitrogens with zero attached hydrogens (tertiary/aromatic N) is 5. The van der Waals surface area contributed by atoms with E-state index in [0.717, 1.165) is 40.5 Å². The number of rotatable bonds is 3. The van der Waals surface area contributed by atoms with E-state index >= 15 is 0 Å². The van der Waals surface area contributed by atoms with Gasteiger partial charge in [0.2, 0.25) is 5.91 Å². The predicted molar refractivity (Wildman–Crippen MR) is 96.2 cm³/mol. The molecule has 0 atom stereocenters. The zero-order chi connectivity index (χ0) is 17.6. The van der Waals surface area contributed by atoms with Gasteiger partial charge in [0.05, 0.1) is 5.52 Å². The number of carbonyl (C=O) groups is 1. The first kappa shape index (κ1) is 16.0. The third kappa shape index (κ3) is 2.75. The number of amides is 1. The van der Waals surface area contributed by atoms with Gasteiger partial charge in [-0.15, -0.1) is 5.10 Å². The van der Waals surface area contributed by atoms with E-state index in [1.54, 1.807) is 6.92 Å². The van der Waals surface area contributed by atoms with Crippen molar-refractivity contribution in [1.29, 1.82) is 0 Å². The van der Waals surface area contributed by atoms with E-state index in [2.05, 4.69) is 47.6 Å². The third-order valence-electron chi connectivity index (χ3n) is 5.28. The molecule has 2 aromatic heterocycles. The fourth-order valence-corrected chi connectivity index (χ4v) is 4.20. The molecule has 1 fully saturated rings. The summed E-state index contributed by atoms with van der Waals surface area (Å²) in [6, 6.07) is 6.78. The lowest BCUT2D eigenvalue weighted by Crippen LogP contribution is -2.36. The van der Waals surface area contributed by atoms with Crippen molar-refractivity contribution >= 4 is 22.5 Å². The molecule has 0 saturated heterocycles. The molecular weight excluding hydrogens is 314 g/mol. The van der Waals surface area contributed by atoms with Gasteiger partial charge in [0.1, 0.15) is 0 Å². The molecule has 1 saturated carbocycles. The zero-order valence-electron chi connectivity index (χ0n) is 15.0. The Labute approximate surface area is 146 Å². The normalized spacial score (nSPS) is 15.3. The summed E-state index contributed by atoms with van der Waals surface area (Å²) in [7, 11) is 0. The van der Waals surface area contributed by atoms with E-state index < -0.39 is 0 Å². The summed E-state index contributed by atoms with van der Waals surface area (Å²) in [5.41, 5.74) is 5.14. The number of hydrogen-bond donors (Lipinski definition) is 0. The molecule has 1 aromatic carbocycles. The molecule has 3 aromatic rings. The average molecular weight is 337 g/mol. The van der Waals surface area contributed by atoms with Crippen molar-refractivity contribution in [2.45, 2.75) is 59.0 Å². The molecule has 0 N–H and O–H groups in total. The van der Waals surface area contributed by atoms with Crippen molar-refractivity contribution < 1.29 is 4.79 Å². The lowest BCUT2D eigenvalue weighted by atomic mass is 10.0. The number of carbonyl (C=O) groups excluding carboxylic acids is 1. The Morgan fingerprint density at radius 2 is 2.00 bits per heavy atom. The van der Waals surface area contributed by atoms with E-state index in [4.69, 9.17) is 0 Å². The van der Waals surface area contributed by atoms with E-state index in [1.165, 1.54) is 18.4 Å². The summed E-state index contributed by atoms with van der Waals surface area (Å²) in [5, 5.41) is 13.4. The van der Waals surface area contributed by atoms with Crippen molar-refractivity contribution in [3.05, 3.63) is 34.9 Å². The van der Waals surface area contributed by atoms with Crippen LogP contribution in [-0.4, -0.2) is 36.9 Å². The standard InChI is InChI=1S/C19H23N5O/c1-12-8-13(2)18-15(9-12)10-16(19-20-21-22-24(18)19)11-23(14(3)25)17-6-4-5-7-17/h8-10,17H,4-7,11H2,1-3H3. The molecule has 1 amide bonds. The second-order valence-electron chi connectivity index (χ2n) is 7.19. The highest BCUT2D eigenvalue weighted by Crippen LogP contribution is 2.28. The molecule has 0 unspecified atom stereocenters. The van der Waals surface area contributed by atoms with Crippen LogP contribution in [-0.2, 0) is 11.3 Å². The van der Waals surface area contributed by atoms with Gasteiger partial charge in [-0.1, -0.05) is 24.5 Å². The minimum atomic E-state index is 0.123. The van der Waals surface area contributed by atoms with Crippen LogP contribution in [0.4, 0.5) is 0 Å². The molecule has 130 valence electrons. The first-order valence-electron chi connectivity index (χ1n) is 8.93. The Morgan fingerprint density at radius 1 is 1.24 bits per heavy atom. The number of aromatic nitrogens is 4. The quantitative estimate of drug-likeness (QED) is 0.736. The van der Waals surface area contributed by atoms with Crippen molar-refractivity contribution in [2.24, 2.45) is 0 Å². The first-order chi connectivity index (χ1) is 12.0. The van der Waals surface area contributed by atoms with Gasteiger partial charge in [-0.3, -0.25) is 4.79 Å². The molecule has 25 heavy (non-hydrogen) atoms. The van der Waals surface area contributed by atoms with Crippen LogP contribution in [0.15, 0.2) is 18.2 Å². The topological polar surface area (TPSA) is 63.4 Å². The SMILES string of the molecule is CC(=O)N(Cc1cc2cc(C)cc(C)c2n2nnnc12)C1CCCC1. The first-order valence-corrected chi connectivity index (χ1v) is 8.93. The van der Waals surface area contributed by atoms with E-state index in [9.17, 15) is 4.79 Å². The monoisotopic (exact) mass is 337 g/mol. The number of fused-ring (bicyclic) bond motifs is 3. The molecular formula is C19H23N5O. The van der Waals surface area contributed by atoms with Crippen LogP contribution < -0.4 is 0 Å². The minimum Gasteiger partial charge on any atom is -0.335 e. The Morgan fingerprint density at radius 3 is 2.72 bits per heavy atom. The predicted octanol–water partition coefficient (Wildman–Crippen LogP) is 3.19. The molecule has 1 aliphatic carbocycles. The van der Waals surface area contributed by atoms with Crippen LogP contribution in [0.2, 0.25) is 0 Å². The molecule has 6 heteroatoms. The highest BCUT2D eigenvalue weighted by Gasteiger charge is 2.26. The maximum atomic E-state index is 12.2. The van der Waals surface area contributed by atoms with Gasteiger partial charge in [0, 0.05) is 30.5 Å². The number of tetrazole rings is 1. The van der Waals surface area contributed by atoms with Crippen molar-refractivity contribution in [3.8, 4) is 0 Å². The third-order valence-corrected chi connectivity index (χ3v) is 5.28. The number of pyridine rings is 1. The van der Waals surface area contributed by atoms with Gasteiger partial charge in [-0.2, -0.15) is 4.52 Å². The Bertz CT molecular complexity index is 955. The number of hydrogen-bond acceptors (Lipinski definition) is 4. The van der Waals surface area contributed by atoms with Crippen molar-refractivity contribution in [1.82, 2.24) is 24.9 Å². The molecule has 6 nitrogen and oxygen atoms in total. The fraction of sp³-hybridized carbons (Fsp3) is 0.474. The van der Waals surface area contributed by atoms with Crippen molar-refractivity contribution in [3.63, 3.8) is 0 Å². The van der Waals surface area contributed by atoms with Gasteiger partial charge < -0.3 is 4.90 Å². The van der Waals surface area contributed by atoms with Crippen molar-refractivity contribution in [2.75, 3.05) is 0 Å². The van der Waals surface area contributed by atoms with Gasteiger partial charge in [0.25, 0.3) is 0 Å². The number of benzene rings is 1. The van der Waals surface area contributed by atoms with Gasteiger partial charge in [-0.05, 0) is 54.8 Å². The van der Waals surface area contributed by atoms with Crippen LogP contribution in [0.5, 0.6) is 0 Å². The van der Waals surface area contributed by atoms with Gasteiger partial charge in [0.15, 0.2) is 5.65 Å². The summed E-state index contributed by atoms with van der Waals surface area (Å²) < 4.78 is 1.81. The molecule has 0 aliphatic heterocycles. The smallest absolute Gasteiger partial charge is 0.219 e. The summed E-state index contributed by atoms with van der Waals surface area (Å²) in [6.45, 7) is 6.40. The Hall–Kier alpha value is -2.50. The molecule has 2 heterocycles. The largest absolute Gasteiger partial charge is 0.335 e. The van der Waals surface area contributed by atoms with Gasteiger partial charge >= 0.3 is 0 Å². The van der Waals surface area contributed by atoms with Crippen LogP contribution in [0.25, 0.3) is 16.6 Å². The highest BCUT2D eigenvalue weighted by molar-refractivity contribution is 5.86. The van der Waals surface area contributed by atoms with Crippen LogP contribution >= 0.6 is 0 Å². The van der Waals surface area contributed by atoms with Crippen LogP contribution in [0, 0.1) is 13.8 Å². The van der Waals surface area contributed by atoms with Crippen LogP contribution in [0.3, 0.4) is 0 Å². The summed E-state index contributed by atoms with van der Waals surface area (Å²) >= 11 is 0. The lowest BCUT2D eigenvalue weighted by molar-refractivity contribution is -0.131. The van der Waals surface area contributed by atoms with E-state index in [-0.39, 0.29) is 5.91 Å². The minimum absolute atomic E-state index is 0.123. The number of aryl methyl sites for hydroxylation is 2. The van der Waals surface area contributed by atoms with E-state index in [1.807, 2.05) is 9.42 Å². The second-order valence-corrected chi connectivity index (χ2v) is 7.19. The zero-order valence-corrected chi connectivity index (χ0v) is 15.0. The second kappa shape index (κ2) is 6.10. The Kier molecular flexibility index (Phi) is 3.90. The maximum Gasteiger partial charge on any atom is 0.219 e. The maximum absolute atomic E-state index is 12.2. The lowest BCUT2D eigenvalue weighted by Gasteiger charge is -2.28. The Balaban J connectivity index is 1.85. The fourth-order valence-electron chi connectivity index (χ4n) is 4.20. The summed E-state index contributed by atoms with van der Waals surface area (Å²) in [6.07, 6.45) is 4.58. The van der Waals surface area contributed by atoms with Crippen LogP contribution in [0.1, 0.15) is 49.3 Å². The molecule has 0 bridgehead atoms. The molecule has 0 spiro atoms.